The lowest BCUT2D eigenvalue weighted by molar-refractivity contribution is -0.143. The number of amides is 3. The van der Waals surface area contributed by atoms with Gasteiger partial charge in [-0.2, -0.15) is 0 Å². The minimum Gasteiger partial charge on any atom is -0.508 e. The van der Waals surface area contributed by atoms with E-state index in [0.29, 0.717) is 0 Å². The van der Waals surface area contributed by atoms with Crippen molar-refractivity contribution in [2.75, 3.05) is 13.2 Å². The van der Waals surface area contributed by atoms with E-state index in [1.54, 1.807) is 52.0 Å². The van der Waals surface area contributed by atoms with Crippen molar-refractivity contribution in [1.82, 2.24) is 15.5 Å². The highest BCUT2D eigenvalue weighted by molar-refractivity contribution is 5.93. The summed E-state index contributed by atoms with van der Waals surface area (Å²) < 4.78 is 10.2. The zero-order valence-electron chi connectivity index (χ0n) is 22.6. The van der Waals surface area contributed by atoms with Gasteiger partial charge in [0.2, 0.25) is 5.91 Å². The number of aromatic hydroxyl groups is 1. The smallest absolute Gasteiger partial charge is 0.408 e. The molecule has 0 bridgehead atoms. The second-order valence-corrected chi connectivity index (χ2v) is 9.57. The number of rotatable bonds is 11. The van der Waals surface area contributed by atoms with Gasteiger partial charge in [0.15, 0.2) is 0 Å². The van der Waals surface area contributed by atoms with Crippen LogP contribution in [-0.4, -0.2) is 58.7 Å². The fraction of sp³-hybridized carbons (Fsp3) is 0.379. The van der Waals surface area contributed by atoms with Crippen molar-refractivity contribution < 1.29 is 33.8 Å². The van der Waals surface area contributed by atoms with Crippen LogP contribution in [0, 0.1) is 12.5 Å². The molecular formula is C29H35N3O7. The van der Waals surface area contributed by atoms with Crippen LogP contribution in [-0.2, 0) is 30.3 Å². The van der Waals surface area contributed by atoms with Crippen molar-refractivity contribution in [3.8, 4) is 18.2 Å². The van der Waals surface area contributed by atoms with Gasteiger partial charge in [-0.1, -0.05) is 48.9 Å². The summed E-state index contributed by atoms with van der Waals surface area (Å²) in [7, 11) is 0. The predicted molar refractivity (Wildman–Crippen MR) is 144 cm³/mol. The fourth-order valence-electron chi connectivity index (χ4n) is 3.66. The Morgan fingerprint density at radius 3 is 2.36 bits per heavy atom. The second-order valence-electron chi connectivity index (χ2n) is 9.57. The van der Waals surface area contributed by atoms with Gasteiger partial charge in [-0.15, -0.1) is 0 Å². The molecule has 2 unspecified atom stereocenters. The Balaban J connectivity index is 2.41. The second kappa shape index (κ2) is 14.4. The van der Waals surface area contributed by atoms with E-state index in [-0.39, 0.29) is 37.3 Å². The van der Waals surface area contributed by atoms with Gasteiger partial charge in [-0.25, -0.2) is 4.79 Å². The Labute approximate surface area is 228 Å². The Morgan fingerprint density at radius 1 is 1.08 bits per heavy atom. The van der Waals surface area contributed by atoms with Crippen molar-refractivity contribution in [3.05, 3.63) is 65.7 Å². The summed E-state index contributed by atoms with van der Waals surface area (Å²) in [5.74, 6) is -2.08. The fourth-order valence-corrected chi connectivity index (χ4v) is 3.66. The molecule has 0 aliphatic rings. The molecule has 3 N–H and O–H groups in total. The zero-order valence-corrected chi connectivity index (χ0v) is 22.6. The Morgan fingerprint density at radius 2 is 1.77 bits per heavy atom. The van der Waals surface area contributed by atoms with Crippen molar-refractivity contribution in [3.63, 3.8) is 0 Å². The lowest BCUT2D eigenvalue weighted by Crippen LogP contribution is -2.52. The van der Waals surface area contributed by atoms with Crippen LogP contribution in [0.15, 0.2) is 54.6 Å². The topological polar surface area (TPSA) is 134 Å². The van der Waals surface area contributed by atoms with Crippen LogP contribution in [0.4, 0.5) is 4.79 Å². The molecule has 0 saturated carbocycles. The number of nitrogens with one attached hydrogen (secondary N) is 2. The largest absolute Gasteiger partial charge is 0.508 e. The molecule has 0 heterocycles. The molecule has 0 radical (unpaired) electrons. The Hall–Kier alpha value is -4.52. The average Bonchev–Trinajstić information content (AvgIpc) is 2.86. The molecule has 2 aromatic rings. The third kappa shape index (κ3) is 10.0. The number of esters is 1. The van der Waals surface area contributed by atoms with Gasteiger partial charge >= 0.3 is 12.1 Å². The lowest BCUT2D eigenvalue weighted by atomic mass is 10.0. The van der Waals surface area contributed by atoms with Gasteiger partial charge in [0, 0.05) is 19.0 Å². The molecule has 0 aromatic heterocycles. The number of phenols is 1. The van der Waals surface area contributed by atoms with E-state index in [9.17, 15) is 24.3 Å². The van der Waals surface area contributed by atoms with Gasteiger partial charge in [-0.3, -0.25) is 19.3 Å². The number of carbonyl (C=O) groups is 4. The van der Waals surface area contributed by atoms with Crippen LogP contribution in [0.1, 0.15) is 51.3 Å². The van der Waals surface area contributed by atoms with Crippen LogP contribution >= 0.6 is 0 Å². The normalized spacial score (nSPS) is 12.3. The van der Waals surface area contributed by atoms with Crippen molar-refractivity contribution in [2.45, 2.75) is 58.2 Å². The van der Waals surface area contributed by atoms with Gasteiger partial charge in [0.1, 0.15) is 23.4 Å². The van der Waals surface area contributed by atoms with Crippen molar-refractivity contribution >= 4 is 23.9 Å². The number of ether oxygens (including phenoxy) is 2. The van der Waals surface area contributed by atoms with Crippen molar-refractivity contribution in [1.29, 1.82) is 0 Å². The van der Waals surface area contributed by atoms with Crippen LogP contribution in [0.2, 0.25) is 0 Å². The van der Waals surface area contributed by atoms with E-state index in [1.165, 1.54) is 24.3 Å². The average molecular weight is 538 g/mol. The number of terminal acetylenes is 1. The van der Waals surface area contributed by atoms with Crippen molar-refractivity contribution in [2.24, 2.45) is 0 Å². The molecule has 10 nitrogen and oxygen atoms in total. The number of nitrogens with zero attached hydrogens (tertiary/aromatic N) is 1. The molecule has 3 amide bonds. The summed E-state index contributed by atoms with van der Waals surface area (Å²) in [5, 5.41) is 15.2. The number of hydrogen-bond donors (Lipinski definition) is 3. The van der Waals surface area contributed by atoms with E-state index in [2.05, 4.69) is 16.7 Å². The number of benzene rings is 2. The standard InChI is InChI=1S/C29H35N3O7/c1-6-32(25(21-14-11-15-22(33)19-21)26(35)30-17-16-24(34)38-7-2)27(36)23(18-20-12-9-8-10-13-20)31-28(37)39-29(3,4)5/h1,8-15,19,23,25,33H,7,16-18H2,2-5H3,(H,30,35)(H,31,37). The van der Waals surface area contributed by atoms with Crippen LogP contribution in [0.3, 0.4) is 0 Å². The molecule has 39 heavy (non-hydrogen) atoms. The van der Waals surface area contributed by atoms with Gasteiger partial charge in [-0.05, 0) is 51.0 Å². The number of hydrogen-bond acceptors (Lipinski definition) is 7. The maximum Gasteiger partial charge on any atom is 0.408 e. The minimum atomic E-state index is -1.38. The van der Waals surface area contributed by atoms with E-state index < -0.39 is 41.6 Å². The summed E-state index contributed by atoms with van der Waals surface area (Å²) >= 11 is 0. The molecule has 2 aromatic carbocycles. The molecule has 0 fully saturated rings. The molecule has 0 saturated heterocycles. The first-order valence-corrected chi connectivity index (χ1v) is 12.5. The van der Waals surface area contributed by atoms with Gasteiger partial charge < -0.3 is 25.2 Å². The summed E-state index contributed by atoms with van der Waals surface area (Å²) in [5.41, 5.74) is 0.140. The molecule has 0 spiro atoms. The maximum absolute atomic E-state index is 13.8. The van der Waals surface area contributed by atoms with Crippen LogP contribution in [0.25, 0.3) is 0 Å². The summed E-state index contributed by atoms with van der Waals surface area (Å²) in [6.45, 7) is 6.86. The summed E-state index contributed by atoms with van der Waals surface area (Å²) in [6.07, 6.45) is 4.90. The molecule has 2 atom stereocenters. The van der Waals surface area contributed by atoms with Crippen LogP contribution < -0.4 is 10.6 Å². The highest BCUT2D eigenvalue weighted by Gasteiger charge is 2.36. The van der Waals surface area contributed by atoms with E-state index in [0.717, 1.165) is 10.5 Å². The van der Waals surface area contributed by atoms with Gasteiger partial charge in [0.05, 0.1) is 13.0 Å². The Kier molecular flexibility index (Phi) is 11.4. The van der Waals surface area contributed by atoms with Crippen LogP contribution in [0.5, 0.6) is 5.75 Å². The first-order chi connectivity index (χ1) is 18.4. The van der Waals surface area contributed by atoms with E-state index in [1.807, 2.05) is 6.07 Å². The monoisotopic (exact) mass is 537 g/mol. The van der Waals surface area contributed by atoms with Gasteiger partial charge in [0.25, 0.3) is 5.91 Å². The molecular weight excluding hydrogens is 502 g/mol. The molecule has 208 valence electrons. The van der Waals surface area contributed by atoms with E-state index in [4.69, 9.17) is 15.9 Å². The summed E-state index contributed by atoms with van der Waals surface area (Å²) in [6, 6.07) is 14.4. The minimum absolute atomic E-state index is 0.0638. The number of phenolic OH excluding ortho intramolecular Hbond substituents is 1. The molecule has 0 aliphatic heterocycles. The SMILES string of the molecule is C#CN(C(=O)C(Cc1ccccc1)NC(=O)OC(C)(C)C)C(C(=O)NCCC(=O)OCC)c1cccc(O)c1. The summed E-state index contributed by atoms with van der Waals surface area (Å²) in [4.78, 5) is 52.4. The highest BCUT2D eigenvalue weighted by atomic mass is 16.6. The molecule has 2 rings (SSSR count). The Bertz CT molecular complexity index is 1190. The quantitative estimate of drug-likeness (QED) is 0.228. The molecule has 0 aliphatic carbocycles. The maximum atomic E-state index is 13.8. The zero-order chi connectivity index (χ0) is 29.0. The molecule has 10 heteroatoms. The number of alkyl carbamates (subject to hydrolysis) is 1. The van der Waals surface area contributed by atoms with E-state index >= 15 is 0 Å². The highest BCUT2D eigenvalue weighted by Crippen LogP contribution is 2.25. The third-order valence-corrected chi connectivity index (χ3v) is 5.27. The third-order valence-electron chi connectivity index (χ3n) is 5.27. The first kappa shape index (κ1) is 30.7. The predicted octanol–water partition coefficient (Wildman–Crippen LogP) is 3.06. The first-order valence-electron chi connectivity index (χ1n) is 12.5. The lowest BCUT2D eigenvalue weighted by Gasteiger charge is -2.30. The number of carbonyl (C=O) groups excluding carboxylic acids is 4.